The number of methoxy groups -OCH3 is 3. The van der Waals surface area contributed by atoms with Crippen molar-refractivity contribution < 1.29 is 14.2 Å². The zero-order chi connectivity index (χ0) is 18.9. The van der Waals surface area contributed by atoms with Gasteiger partial charge in [0, 0.05) is 24.4 Å². The number of benzene rings is 1. The average molecular weight is 362 g/mol. The van der Waals surface area contributed by atoms with Crippen molar-refractivity contribution >= 4 is 17.5 Å². The predicted molar refractivity (Wildman–Crippen MR) is 101 cm³/mol. The summed E-state index contributed by atoms with van der Waals surface area (Å²) in [4.78, 5) is 6.55. The minimum Gasteiger partial charge on any atom is -0.493 e. The summed E-state index contributed by atoms with van der Waals surface area (Å²) in [5.41, 5.74) is 0.700. The molecule has 0 radical (unpaired) electrons. The van der Waals surface area contributed by atoms with Gasteiger partial charge in [-0.1, -0.05) is 0 Å². The normalized spacial score (nSPS) is 10.5. The zero-order valence-corrected chi connectivity index (χ0v) is 15.9. The van der Waals surface area contributed by atoms with Gasteiger partial charge in [0.05, 0.1) is 27.5 Å². The molecule has 0 aliphatic carbocycles. The molecule has 0 amide bonds. The van der Waals surface area contributed by atoms with Crippen LogP contribution >= 0.6 is 0 Å². The second-order valence-electron chi connectivity index (χ2n) is 5.79. The van der Waals surface area contributed by atoms with Crippen LogP contribution in [0.1, 0.15) is 6.42 Å². The van der Waals surface area contributed by atoms with Crippen LogP contribution in [0.5, 0.6) is 17.2 Å². The van der Waals surface area contributed by atoms with Gasteiger partial charge in [-0.05, 0) is 27.1 Å². The lowest BCUT2D eigenvalue weighted by Gasteiger charge is -2.14. The van der Waals surface area contributed by atoms with E-state index in [0.29, 0.717) is 34.7 Å². The van der Waals surface area contributed by atoms with Gasteiger partial charge in [0.15, 0.2) is 17.3 Å². The highest BCUT2D eigenvalue weighted by atomic mass is 16.5. The van der Waals surface area contributed by atoms with E-state index in [9.17, 15) is 0 Å². The maximum Gasteiger partial charge on any atom is 0.249 e. The highest BCUT2D eigenvalue weighted by Gasteiger charge is 2.14. The SMILES string of the molecule is COc1cc(Nc2nncc(NCCCN(C)C)n2)cc(OC)c1OC. The van der Waals surface area contributed by atoms with Gasteiger partial charge in [0.25, 0.3) is 0 Å². The molecule has 9 nitrogen and oxygen atoms in total. The van der Waals surface area contributed by atoms with E-state index in [1.165, 1.54) is 0 Å². The summed E-state index contributed by atoms with van der Waals surface area (Å²) in [6.45, 7) is 1.81. The number of nitrogens with one attached hydrogen (secondary N) is 2. The van der Waals surface area contributed by atoms with Crippen LogP contribution < -0.4 is 24.8 Å². The summed E-state index contributed by atoms with van der Waals surface area (Å²) >= 11 is 0. The molecule has 0 spiro atoms. The molecule has 1 aromatic carbocycles. The molecule has 26 heavy (non-hydrogen) atoms. The van der Waals surface area contributed by atoms with Gasteiger partial charge < -0.3 is 29.7 Å². The van der Waals surface area contributed by atoms with E-state index >= 15 is 0 Å². The molecular formula is C17H26N6O3. The molecule has 0 aliphatic heterocycles. The smallest absolute Gasteiger partial charge is 0.249 e. The van der Waals surface area contributed by atoms with Crippen LogP contribution in [0.4, 0.5) is 17.5 Å². The second kappa shape index (κ2) is 9.62. The Balaban J connectivity index is 2.09. The van der Waals surface area contributed by atoms with Gasteiger partial charge in [-0.25, -0.2) is 0 Å². The fourth-order valence-corrected chi connectivity index (χ4v) is 2.34. The van der Waals surface area contributed by atoms with Gasteiger partial charge >= 0.3 is 0 Å². The summed E-state index contributed by atoms with van der Waals surface area (Å²) in [6.07, 6.45) is 2.60. The fourth-order valence-electron chi connectivity index (χ4n) is 2.34. The van der Waals surface area contributed by atoms with Crippen LogP contribution in [0.15, 0.2) is 18.3 Å². The molecule has 2 aromatic rings. The summed E-state index contributed by atoms with van der Waals surface area (Å²) in [5, 5.41) is 14.3. The lowest BCUT2D eigenvalue weighted by atomic mass is 10.2. The van der Waals surface area contributed by atoms with Gasteiger partial charge in [0.2, 0.25) is 11.7 Å². The van der Waals surface area contributed by atoms with E-state index < -0.39 is 0 Å². The molecule has 0 saturated heterocycles. The van der Waals surface area contributed by atoms with Crippen molar-refractivity contribution in [3.8, 4) is 17.2 Å². The number of ether oxygens (including phenoxy) is 3. The second-order valence-corrected chi connectivity index (χ2v) is 5.79. The number of hydrogen-bond donors (Lipinski definition) is 2. The maximum absolute atomic E-state index is 5.35. The highest BCUT2D eigenvalue weighted by molar-refractivity contribution is 5.65. The van der Waals surface area contributed by atoms with Crippen LogP contribution in [-0.4, -0.2) is 68.6 Å². The standard InChI is InChI=1S/C17H26N6O3/c1-23(2)8-6-7-18-15-11-19-22-17(21-15)20-12-9-13(24-3)16(26-5)14(10-12)25-4/h9-11H,6-8H2,1-5H3,(H2,18,20,21,22). The minimum atomic E-state index is 0.372. The topological polar surface area (TPSA) is 93.7 Å². The third-order valence-electron chi connectivity index (χ3n) is 3.57. The minimum absolute atomic E-state index is 0.372. The summed E-state index contributed by atoms with van der Waals surface area (Å²) in [6, 6.07) is 3.56. The molecule has 2 rings (SSSR count). The van der Waals surface area contributed by atoms with E-state index in [1.807, 2.05) is 14.1 Å². The Morgan fingerprint density at radius 3 is 2.31 bits per heavy atom. The Labute approximate surface area is 153 Å². The third-order valence-corrected chi connectivity index (χ3v) is 3.57. The Kier molecular flexibility index (Phi) is 7.22. The van der Waals surface area contributed by atoms with E-state index in [1.54, 1.807) is 39.7 Å². The van der Waals surface area contributed by atoms with Gasteiger partial charge in [0.1, 0.15) is 0 Å². The Hall–Kier alpha value is -2.81. The highest BCUT2D eigenvalue weighted by Crippen LogP contribution is 2.40. The van der Waals surface area contributed by atoms with E-state index in [0.717, 1.165) is 19.5 Å². The zero-order valence-electron chi connectivity index (χ0n) is 15.9. The number of hydrogen-bond acceptors (Lipinski definition) is 9. The molecule has 2 N–H and O–H groups in total. The van der Waals surface area contributed by atoms with Gasteiger partial charge in [-0.2, -0.15) is 10.1 Å². The average Bonchev–Trinajstić information content (AvgIpc) is 2.64. The summed E-state index contributed by atoms with van der Waals surface area (Å²) in [7, 11) is 8.79. The monoisotopic (exact) mass is 362 g/mol. The van der Waals surface area contributed by atoms with E-state index in [4.69, 9.17) is 14.2 Å². The van der Waals surface area contributed by atoms with Crippen molar-refractivity contribution in [3.05, 3.63) is 18.3 Å². The quantitative estimate of drug-likeness (QED) is 0.615. The van der Waals surface area contributed by atoms with E-state index in [2.05, 4.69) is 30.7 Å². The van der Waals surface area contributed by atoms with Crippen LogP contribution in [0.3, 0.4) is 0 Å². The molecule has 0 fully saturated rings. The fraction of sp³-hybridized carbons (Fsp3) is 0.471. The first-order valence-electron chi connectivity index (χ1n) is 8.22. The number of aromatic nitrogens is 3. The molecule has 142 valence electrons. The third kappa shape index (κ3) is 5.35. The number of rotatable bonds is 10. The summed E-state index contributed by atoms with van der Waals surface area (Å²) < 4.78 is 16.0. The molecule has 0 unspecified atom stereocenters. The maximum atomic E-state index is 5.35. The van der Waals surface area contributed by atoms with Crippen molar-refractivity contribution in [2.24, 2.45) is 0 Å². The van der Waals surface area contributed by atoms with Crippen LogP contribution in [-0.2, 0) is 0 Å². The lowest BCUT2D eigenvalue weighted by Crippen LogP contribution is -2.17. The molecule has 0 atom stereocenters. The van der Waals surface area contributed by atoms with Crippen molar-refractivity contribution in [1.29, 1.82) is 0 Å². The number of nitrogens with zero attached hydrogens (tertiary/aromatic N) is 4. The van der Waals surface area contributed by atoms with Crippen molar-refractivity contribution in [2.75, 3.05) is 59.1 Å². The lowest BCUT2D eigenvalue weighted by molar-refractivity contribution is 0.324. The van der Waals surface area contributed by atoms with E-state index in [-0.39, 0.29) is 0 Å². The van der Waals surface area contributed by atoms with Crippen LogP contribution in [0, 0.1) is 0 Å². The molecule has 1 aromatic heterocycles. The van der Waals surface area contributed by atoms with Crippen LogP contribution in [0.25, 0.3) is 0 Å². The molecule has 9 heteroatoms. The van der Waals surface area contributed by atoms with Crippen molar-refractivity contribution in [1.82, 2.24) is 20.1 Å². The molecular weight excluding hydrogens is 336 g/mol. The van der Waals surface area contributed by atoms with Gasteiger partial charge in [-0.3, -0.25) is 0 Å². The molecule has 0 bridgehead atoms. The largest absolute Gasteiger partial charge is 0.493 e. The molecule has 1 heterocycles. The van der Waals surface area contributed by atoms with Crippen molar-refractivity contribution in [2.45, 2.75) is 6.42 Å². The first-order chi connectivity index (χ1) is 12.6. The first kappa shape index (κ1) is 19.5. The summed E-state index contributed by atoms with van der Waals surface area (Å²) in [5.74, 6) is 2.64. The molecule has 0 aliphatic rings. The Morgan fingerprint density at radius 2 is 1.73 bits per heavy atom. The van der Waals surface area contributed by atoms with Gasteiger partial charge in [-0.15, -0.1) is 5.10 Å². The van der Waals surface area contributed by atoms with Crippen molar-refractivity contribution in [3.63, 3.8) is 0 Å². The Bertz CT molecular complexity index is 686. The predicted octanol–water partition coefficient (Wildman–Crippen LogP) is 2.00. The Morgan fingerprint density at radius 1 is 1.04 bits per heavy atom. The molecule has 0 saturated carbocycles. The first-order valence-corrected chi connectivity index (χ1v) is 8.22. The van der Waals surface area contributed by atoms with Crippen LogP contribution in [0.2, 0.25) is 0 Å². The number of anilines is 3.